The van der Waals surface area contributed by atoms with E-state index in [1.165, 1.54) is 25.9 Å². The number of nitrogens with zero attached hydrogens (tertiary/aromatic N) is 2. The molecule has 0 aromatic carbocycles. The normalized spacial score (nSPS) is 13.7. The lowest BCUT2D eigenvalue weighted by atomic mass is 10.4. The summed E-state index contributed by atoms with van der Waals surface area (Å²) in [7, 11) is 0. The molecule has 1 saturated heterocycles. The van der Waals surface area contributed by atoms with Crippen molar-refractivity contribution in [2.45, 2.75) is 19.8 Å². The van der Waals surface area contributed by atoms with Crippen molar-refractivity contribution in [2.75, 3.05) is 26.2 Å². The van der Waals surface area contributed by atoms with Crippen LogP contribution in [0.25, 0.3) is 0 Å². The molecule has 8 heteroatoms. The van der Waals surface area contributed by atoms with Gasteiger partial charge in [-0.3, -0.25) is 4.90 Å². The van der Waals surface area contributed by atoms with Gasteiger partial charge < -0.3 is 19.5 Å². The van der Waals surface area contributed by atoms with E-state index in [0.29, 0.717) is 24.6 Å². The molecule has 1 aromatic rings. The predicted octanol–water partition coefficient (Wildman–Crippen LogP) is 1.17. The minimum Gasteiger partial charge on any atom is -0.478 e. The van der Waals surface area contributed by atoms with E-state index in [4.69, 9.17) is 19.5 Å². The number of rotatable bonds is 5. The Morgan fingerprint density at radius 1 is 1.29 bits per heavy atom. The Kier molecular flexibility index (Phi) is 8.71. The predicted molar refractivity (Wildman–Crippen MR) is 84.6 cm³/mol. The highest BCUT2D eigenvalue weighted by molar-refractivity contribution is 5.89. The molecule has 0 aliphatic carbocycles. The van der Waals surface area contributed by atoms with E-state index >= 15 is 0 Å². The van der Waals surface area contributed by atoms with Crippen LogP contribution >= 0.6 is 0 Å². The fourth-order valence-corrected chi connectivity index (χ4v) is 1.82. The lowest BCUT2D eigenvalue weighted by Crippen LogP contribution is -2.19. The van der Waals surface area contributed by atoms with Gasteiger partial charge in [0.25, 0.3) is 5.88 Å². The van der Waals surface area contributed by atoms with Crippen molar-refractivity contribution in [3.63, 3.8) is 0 Å². The van der Waals surface area contributed by atoms with Crippen LogP contribution in [0.3, 0.4) is 0 Å². The van der Waals surface area contributed by atoms with Crippen LogP contribution in [-0.4, -0.2) is 58.4 Å². The standard InChI is InChI=1S/C12H16N2O2.C4H4O4/c1-11-10-12(13-16-11)15-9-5-4-8-14-6-2-3-7-14;5-3(6)1-2-4(7)8/h10H,2-3,6-9H2,1H3;1-2H,(H,5,6)(H,7,8)/b;2-1+. The van der Waals surface area contributed by atoms with Gasteiger partial charge in [-0.05, 0) is 38.0 Å². The van der Waals surface area contributed by atoms with Crippen molar-refractivity contribution in [1.82, 2.24) is 10.1 Å². The van der Waals surface area contributed by atoms with E-state index in [1.54, 1.807) is 6.07 Å². The minimum atomic E-state index is -1.26. The highest BCUT2D eigenvalue weighted by Gasteiger charge is 2.08. The quantitative estimate of drug-likeness (QED) is 0.608. The van der Waals surface area contributed by atoms with E-state index in [2.05, 4.69) is 21.9 Å². The average Bonchev–Trinajstić information content (AvgIpc) is 3.17. The van der Waals surface area contributed by atoms with E-state index in [0.717, 1.165) is 12.3 Å². The highest BCUT2D eigenvalue weighted by atomic mass is 16.5. The van der Waals surface area contributed by atoms with Crippen molar-refractivity contribution in [3.8, 4) is 17.7 Å². The lowest BCUT2D eigenvalue weighted by molar-refractivity contribution is -0.134. The van der Waals surface area contributed by atoms with Crippen LogP contribution in [0.4, 0.5) is 0 Å². The molecule has 0 bridgehead atoms. The van der Waals surface area contributed by atoms with E-state index in [-0.39, 0.29) is 0 Å². The molecule has 0 radical (unpaired) electrons. The third-order valence-corrected chi connectivity index (χ3v) is 2.89. The van der Waals surface area contributed by atoms with E-state index < -0.39 is 11.9 Å². The molecule has 1 aliphatic heterocycles. The molecule has 0 atom stereocenters. The first-order valence-electron chi connectivity index (χ1n) is 7.35. The Morgan fingerprint density at radius 3 is 2.42 bits per heavy atom. The van der Waals surface area contributed by atoms with Gasteiger partial charge in [-0.15, -0.1) is 0 Å². The average molecular weight is 336 g/mol. The Hall–Kier alpha value is -2.79. The van der Waals surface area contributed by atoms with Gasteiger partial charge in [-0.1, -0.05) is 11.8 Å². The summed E-state index contributed by atoms with van der Waals surface area (Å²) in [5.74, 6) is 4.81. The van der Waals surface area contributed by atoms with Crippen molar-refractivity contribution >= 4 is 11.9 Å². The Balaban J connectivity index is 0.000000307. The summed E-state index contributed by atoms with van der Waals surface area (Å²) in [5.41, 5.74) is 0. The van der Waals surface area contributed by atoms with Crippen LogP contribution in [0.15, 0.2) is 22.7 Å². The summed E-state index contributed by atoms with van der Waals surface area (Å²) >= 11 is 0. The molecule has 8 nitrogen and oxygen atoms in total. The highest BCUT2D eigenvalue weighted by Crippen LogP contribution is 2.09. The van der Waals surface area contributed by atoms with Crippen molar-refractivity contribution in [2.24, 2.45) is 0 Å². The summed E-state index contributed by atoms with van der Waals surface area (Å²) in [6, 6.07) is 1.75. The second-order valence-electron chi connectivity index (χ2n) is 4.91. The number of hydrogen-bond donors (Lipinski definition) is 2. The van der Waals surface area contributed by atoms with Crippen LogP contribution in [0.5, 0.6) is 5.88 Å². The van der Waals surface area contributed by atoms with Gasteiger partial charge in [0.2, 0.25) is 0 Å². The number of carbonyl (C=O) groups is 2. The molecule has 0 amide bonds. The summed E-state index contributed by atoms with van der Waals surface area (Å²) < 4.78 is 10.2. The maximum atomic E-state index is 9.55. The molecular weight excluding hydrogens is 316 g/mol. The number of aryl methyl sites for hydroxylation is 1. The van der Waals surface area contributed by atoms with Gasteiger partial charge in [-0.25, -0.2) is 9.59 Å². The minimum absolute atomic E-state index is 0.375. The number of aliphatic carboxylic acids is 2. The summed E-state index contributed by atoms with van der Waals surface area (Å²) in [5, 5.41) is 19.3. The number of hydrogen-bond acceptors (Lipinski definition) is 6. The summed E-state index contributed by atoms with van der Waals surface area (Å²) in [6.45, 7) is 5.41. The molecular formula is C16H20N2O6. The number of aromatic nitrogens is 1. The molecule has 0 unspecified atom stereocenters. The second-order valence-corrected chi connectivity index (χ2v) is 4.91. The first kappa shape index (κ1) is 19.3. The van der Waals surface area contributed by atoms with Gasteiger partial charge in [0.1, 0.15) is 5.76 Å². The topological polar surface area (TPSA) is 113 Å². The molecule has 1 fully saturated rings. The van der Waals surface area contributed by atoms with Gasteiger partial charge in [0.05, 0.1) is 6.54 Å². The third-order valence-electron chi connectivity index (χ3n) is 2.89. The number of ether oxygens (including phenoxy) is 1. The first-order chi connectivity index (χ1) is 11.5. The van der Waals surface area contributed by atoms with Crippen molar-refractivity contribution < 1.29 is 29.1 Å². The van der Waals surface area contributed by atoms with Gasteiger partial charge in [-0.2, -0.15) is 0 Å². The van der Waals surface area contributed by atoms with E-state index in [9.17, 15) is 9.59 Å². The van der Waals surface area contributed by atoms with Gasteiger partial charge in [0, 0.05) is 18.2 Å². The largest absolute Gasteiger partial charge is 0.478 e. The Bertz CT molecular complexity index is 604. The molecule has 0 saturated carbocycles. The van der Waals surface area contributed by atoms with Crippen LogP contribution in [0.1, 0.15) is 18.6 Å². The fraction of sp³-hybridized carbons (Fsp3) is 0.438. The van der Waals surface area contributed by atoms with E-state index in [1.807, 2.05) is 6.92 Å². The SMILES string of the molecule is Cc1cc(OCC#CCN2CCCC2)no1.O=C(O)/C=C/C(=O)O. The summed E-state index contributed by atoms with van der Waals surface area (Å²) in [6.07, 6.45) is 3.72. The number of likely N-dealkylation sites (tertiary alicyclic amines) is 1. The zero-order valence-electron chi connectivity index (χ0n) is 13.4. The Morgan fingerprint density at radius 2 is 1.92 bits per heavy atom. The van der Waals surface area contributed by atoms with Gasteiger partial charge >= 0.3 is 11.9 Å². The second kappa shape index (κ2) is 10.9. The third kappa shape index (κ3) is 9.27. The molecule has 2 rings (SSSR count). The van der Waals surface area contributed by atoms with Crippen LogP contribution in [-0.2, 0) is 9.59 Å². The fourth-order valence-electron chi connectivity index (χ4n) is 1.82. The zero-order valence-corrected chi connectivity index (χ0v) is 13.4. The smallest absolute Gasteiger partial charge is 0.328 e. The molecule has 0 spiro atoms. The summed E-state index contributed by atoms with van der Waals surface area (Å²) in [4.78, 5) is 21.5. The molecule has 24 heavy (non-hydrogen) atoms. The molecule has 130 valence electrons. The van der Waals surface area contributed by atoms with Crippen LogP contribution in [0.2, 0.25) is 0 Å². The molecule has 1 aromatic heterocycles. The molecule has 2 heterocycles. The molecule has 2 N–H and O–H groups in total. The van der Waals surface area contributed by atoms with Crippen molar-refractivity contribution in [1.29, 1.82) is 0 Å². The number of carboxylic acids is 2. The first-order valence-corrected chi connectivity index (χ1v) is 7.35. The van der Waals surface area contributed by atoms with Crippen molar-refractivity contribution in [3.05, 3.63) is 24.0 Å². The Labute approximate surface area is 139 Å². The van der Waals surface area contributed by atoms with Crippen LogP contribution in [0, 0.1) is 18.8 Å². The monoisotopic (exact) mass is 336 g/mol. The van der Waals surface area contributed by atoms with Gasteiger partial charge in [0.15, 0.2) is 6.61 Å². The lowest BCUT2D eigenvalue weighted by Gasteiger charge is -2.08. The maximum Gasteiger partial charge on any atom is 0.328 e. The molecule has 1 aliphatic rings. The maximum absolute atomic E-state index is 9.55. The number of carboxylic acid groups (broad SMARTS) is 2. The zero-order chi connectivity index (χ0) is 17.8. The van der Waals surface area contributed by atoms with Crippen LogP contribution < -0.4 is 4.74 Å².